The number of rotatable bonds is 1. The molecule has 0 atom stereocenters. The molecule has 2 N–H and O–H groups in total. The molecule has 0 amide bonds. The molecule has 3 nitrogen and oxygen atoms in total. The fraction of sp³-hybridized carbons (Fsp3) is 0.500. The van der Waals surface area contributed by atoms with Crippen molar-refractivity contribution in [3.63, 3.8) is 0 Å². The van der Waals surface area contributed by atoms with E-state index in [9.17, 15) is 4.79 Å². The molecule has 50 valence electrons. The van der Waals surface area contributed by atoms with Crippen LogP contribution >= 0.6 is 0 Å². The van der Waals surface area contributed by atoms with Gasteiger partial charge in [-0.25, -0.2) is 0 Å². The van der Waals surface area contributed by atoms with Crippen molar-refractivity contribution in [1.29, 1.82) is 0 Å². The van der Waals surface area contributed by atoms with E-state index in [2.05, 4.69) is 0 Å². The van der Waals surface area contributed by atoms with Gasteiger partial charge < -0.3 is 0 Å². The number of hydrogen-bond acceptors (Lipinski definition) is 3. The Morgan fingerprint density at radius 2 is 2.33 bits per heavy atom. The lowest BCUT2D eigenvalue weighted by molar-refractivity contribution is -0.115. The molecule has 1 aliphatic rings. The summed E-state index contributed by atoms with van der Waals surface area (Å²) in [7, 11) is 0. The fourth-order valence-electron chi connectivity index (χ4n) is 0.880. The van der Waals surface area contributed by atoms with Crippen molar-refractivity contribution in [2.75, 3.05) is 0 Å². The zero-order valence-corrected chi connectivity index (χ0v) is 5.05. The van der Waals surface area contributed by atoms with E-state index in [4.69, 9.17) is 5.21 Å². The van der Waals surface area contributed by atoms with Crippen LogP contribution < -0.4 is 5.48 Å². The standard InChI is InChI=1S/C6H9NO2/c8-6-3-1-2-5(4-6)7-9/h4,7,9H,1-3H2. The lowest BCUT2D eigenvalue weighted by atomic mass is 10.0. The summed E-state index contributed by atoms with van der Waals surface area (Å²) in [4.78, 5) is 10.6. The van der Waals surface area contributed by atoms with Gasteiger partial charge in [0.05, 0.1) is 0 Å². The van der Waals surface area contributed by atoms with Crippen LogP contribution in [0.3, 0.4) is 0 Å². The minimum Gasteiger partial charge on any atom is -0.295 e. The molecule has 0 aromatic rings. The first-order chi connectivity index (χ1) is 4.33. The average Bonchev–Trinajstić information content (AvgIpc) is 1.88. The predicted octanol–water partition coefficient (Wildman–Crippen LogP) is 0.602. The van der Waals surface area contributed by atoms with Crippen LogP contribution in [0.2, 0.25) is 0 Å². The zero-order chi connectivity index (χ0) is 6.69. The Hall–Kier alpha value is -0.830. The first kappa shape index (κ1) is 6.29. The molecule has 0 aromatic carbocycles. The molecule has 0 aliphatic heterocycles. The van der Waals surface area contributed by atoms with E-state index >= 15 is 0 Å². The van der Waals surface area contributed by atoms with Crippen molar-refractivity contribution < 1.29 is 10.0 Å². The zero-order valence-electron chi connectivity index (χ0n) is 5.05. The summed E-state index contributed by atoms with van der Waals surface area (Å²) in [5.41, 5.74) is 2.61. The first-order valence-electron chi connectivity index (χ1n) is 2.96. The van der Waals surface area contributed by atoms with Gasteiger partial charge in [0, 0.05) is 18.2 Å². The molecule has 0 bridgehead atoms. The maximum atomic E-state index is 10.6. The quantitative estimate of drug-likeness (QED) is 0.507. The van der Waals surface area contributed by atoms with E-state index in [-0.39, 0.29) is 5.78 Å². The van der Waals surface area contributed by atoms with E-state index in [0.29, 0.717) is 12.1 Å². The molecule has 1 rings (SSSR count). The van der Waals surface area contributed by atoms with Gasteiger partial charge in [0.1, 0.15) is 0 Å². The summed E-state index contributed by atoms with van der Waals surface area (Å²) in [6.45, 7) is 0. The maximum absolute atomic E-state index is 10.6. The first-order valence-corrected chi connectivity index (χ1v) is 2.96. The van der Waals surface area contributed by atoms with Crippen LogP contribution in [0.4, 0.5) is 0 Å². The van der Waals surface area contributed by atoms with E-state index in [0.717, 1.165) is 12.8 Å². The second-order valence-corrected chi connectivity index (χ2v) is 2.10. The molecule has 9 heavy (non-hydrogen) atoms. The van der Waals surface area contributed by atoms with Crippen LogP contribution in [0.1, 0.15) is 19.3 Å². The molecular formula is C6H9NO2. The summed E-state index contributed by atoms with van der Waals surface area (Å²) >= 11 is 0. The van der Waals surface area contributed by atoms with Crippen molar-refractivity contribution in [3.05, 3.63) is 11.8 Å². The largest absolute Gasteiger partial charge is 0.295 e. The summed E-state index contributed by atoms with van der Waals surface area (Å²) in [5.74, 6) is 0.0952. The lowest BCUT2D eigenvalue weighted by Gasteiger charge is -2.08. The van der Waals surface area contributed by atoms with Gasteiger partial charge in [-0.3, -0.25) is 15.5 Å². The Kier molecular flexibility index (Phi) is 1.85. The number of hydrogen-bond donors (Lipinski definition) is 2. The van der Waals surface area contributed by atoms with Crippen molar-refractivity contribution >= 4 is 5.78 Å². The number of hydroxylamine groups is 1. The molecule has 0 radical (unpaired) electrons. The van der Waals surface area contributed by atoms with Gasteiger partial charge >= 0.3 is 0 Å². The van der Waals surface area contributed by atoms with Crippen molar-refractivity contribution in [3.8, 4) is 0 Å². The highest BCUT2D eigenvalue weighted by atomic mass is 16.5. The van der Waals surface area contributed by atoms with Crippen LogP contribution in [-0.4, -0.2) is 11.0 Å². The Bertz CT molecular complexity index is 151. The molecule has 0 saturated carbocycles. The minimum absolute atomic E-state index is 0.0952. The molecule has 0 saturated heterocycles. The van der Waals surface area contributed by atoms with Crippen molar-refractivity contribution in [2.24, 2.45) is 0 Å². The summed E-state index contributed by atoms with van der Waals surface area (Å²) in [6, 6.07) is 0. The second-order valence-electron chi connectivity index (χ2n) is 2.10. The normalized spacial score (nSPS) is 19.2. The molecule has 0 heterocycles. The van der Waals surface area contributed by atoms with E-state index in [1.807, 2.05) is 5.48 Å². The van der Waals surface area contributed by atoms with Gasteiger partial charge in [0.15, 0.2) is 5.78 Å². The third-order valence-electron chi connectivity index (χ3n) is 1.35. The number of carbonyl (C=O) groups is 1. The minimum atomic E-state index is 0.0952. The molecular weight excluding hydrogens is 118 g/mol. The molecule has 0 aromatic heterocycles. The van der Waals surface area contributed by atoms with Crippen LogP contribution in [0, 0.1) is 0 Å². The van der Waals surface area contributed by atoms with Gasteiger partial charge in [0.2, 0.25) is 0 Å². The number of allylic oxidation sites excluding steroid dienone is 2. The maximum Gasteiger partial charge on any atom is 0.157 e. The molecule has 0 unspecified atom stereocenters. The molecule has 3 heteroatoms. The highest BCUT2D eigenvalue weighted by Gasteiger charge is 2.07. The Morgan fingerprint density at radius 3 is 2.78 bits per heavy atom. The topological polar surface area (TPSA) is 49.3 Å². The van der Waals surface area contributed by atoms with Crippen molar-refractivity contribution in [2.45, 2.75) is 19.3 Å². The Labute approximate surface area is 53.3 Å². The third-order valence-corrected chi connectivity index (χ3v) is 1.35. The lowest BCUT2D eigenvalue weighted by Crippen LogP contribution is -2.13. The van der Waals surface area contributed by atoms with E-state index in [1.165, 1.54) is 6.08 Å². The Balaban J connectivity index is 2.59. The number of nitrogens with one attached hydrogen (secondary N) is 1. The summed E-state index contributed by atoms with van der Waals surface area (Å²) < 4.78 is 0. The smallest absolute Gasteiger partial charge is 0.157 e. The van der Waals surface area contributed by atoms with E-state index < -0.39 is 0 Å². The number of ketones is 1. The Morgan fingerprint density at radius 1 is 1.56 bits per heavy atom. The summed E-state index contributed by atoms with van der Waals surface area (Å²) in [5, 5.41) is 8.34. The van der Waals surface area contributed by atoms with Gasteiger partial charge in [-0.1, -0.05) is 0 Å². The predicted molar refractivity (Wildman–Crippen MR) is 31.9 cm³/mol. The number of carbonyl (C=O) groups excluding carboxylic acids is 1. The van der Waals surface area contributed by atoms with Crippen LogP contribution in [-0.2, 0) is 4.79 Å². The van der Waals surface area contributed by atoms with Gasteiger partial charge in [-0.15, -0.1) is 0 Å². The van der Waals surface area contributed by atoms with Gasteiger partial charge in [0.25, 0.3) is 0 Å². The fourth-order valence-corrected chi connectivity index (χ4v) is 0.880. The van der Waals surface area contributed by atoms with E-state index in [1.54, 1.807) is 0 Å². The molecule has 0 spiro atoms. The van der Waals surface area contributed by atoms with Gasteiger partial charge in [-0.2, -0.15) is 0 Å². The monoisotopic (exact) mass is 127 g/mol. The average molecular weight is 127 g/mol. The highest BCUT2D eigenvalue weighted by molar-refractivity contribution is 5.90. The van der Waals surface area contributed by atoms with Crippen LogP contribution in [0.5, 0.6) is 0 Å². The molecule has 0 fully saturated rings. The van der Waals surface area contributed by atoms with Crippen LogP contribution in [0.15, 0.2) is 11.8 Å². The second kappa shape index (κ2) is 2.64. The van der Waals surface area contributed by atoms with Gasteiger partial charge in [-0.05, 0) is 12.8 Å². The third kappa shape index (κ3) is 1.54. The highest BCUT2D eigenvalue weighted by Crippen LogP contribution is 2.11. The van der Waals surface area contributed by atoms with Crippen molar-refractivity contribution in [1.82, 2.24) is 5.48 Å². The van der Waals surface area contributed by atoms with Crippen LogP contribution in [0.25, 0.3) is 0 Å². The SMILES string of the molecule is O=C1C=C(NO)CCC1. The molecule has 1 aliphatic carbocycles. The summed E-state index contributed by atoms with van der Waals surface area (Å²) in [6.07, 6.45) is 3.69.